The van der Waals surface area contributed by atoms with Gasteiger partial charge in [0.1, 0.15) is 17.1 Å². The van der Waals surface area contributed by atoms with Crippen molar-refractivity contribution in [1.82, 2.24) is 48.1 Å². The van der Waals surface area contributed by atoms with E-state index < -0.39 is 11.3 Å². The van der Waals surface area contributed by atoms with Crippen molar-refractivity contribution in [3.05, 3.63) is 164 Å². The number of pyridine rings is 1. The van der Waals surface area contributed by atoms with E-state index in [9.17, 15) is 9.59 Å². The third-order valence-corrected chi connectivity index (χ3v) is 13.4. The smallest absolute Gasteiger partial charge is 0.351 e. The van der Waals surface area contributed by atoms with E-state index in [4.69, 9.17) is 9.62 Å². The van der Waals surface area contributed by atoms with E-state index in [1.807, 2.05) is 79.3 Å². The van der Waals surface area contributed by atoms with Gasteiger partial charge in [-0.25, -0.2) is 14.3 Å². The molecule has 2 atom stereocenters. The zero-order valence-electron chi connectivity index (χ0n) is 36.0. The van der Waals surface area contributed by atoms with Crippen molar-refractivity contribution in [2.45, 2.75) is 66.0 Å². The van der Waals surface area contributed by atoms with E-state index in [0.717, 1.165) is 84.4 Å². The summed E-state index contributed by atoms with van der Waals surface area (Å²) in [5.41, 5.74) is 11.0. The number of benzene rings is 3. The number of aryl methyl sites for hydroxylation is 4. The van der Waals surface area contributed by atoms with Crippen molar-refractivity contribution in [3.63, 3.8) is 0 Å². The largest absolute Gasteiger partial charge is 0.438 e. The average Bonchev–Trinajstić information content (AvgIpc) is 3.89. The SMILES string of the molecule is CCc1nccc(-c2ccc3c(c2)cc(C(=O)N2CCc4nn(-c5cc(C)cc(C)c5)c(-n5ccn(-c6ccc7c(ccn7C)c6)c5=O)c4C2)n3[C@@]2(c3noc(=O)[nH]3)C[C@H]2C)c1C. The Labute approximate surface area is 361 Å². The quantitative estimate of drug-likeness (QED) is 0.167. The predicted octanol–water partition coefficient (Wildman–Crippen LogP) is 7.47. The van der Waals surface area contributed by atoms with Crippen LogP contribution in [-0.4, -0.2) is 60.5 Å². The van der Waals surface area contributed by atoms with Gasteiger partial charge in [0.25, 0.3) is 5.91 Å². The molecule has 0 spiro atoms. The molecule has 0 radical (unpaired) electrons. The number of carbonyl (C=O) groups excluding carboxylic acids is 1. The summed E-state index contributed by atoms with van der Waals surface area (Å²) in [5.74, 6) is 0.206. The number of nitrogens with zero attached hydrogens (tertiary/aromatic N) is 9. The van der Waals surface area contributed by atoms with Crippen molar-refractivity contribution in [2.75, 3.05) is 6.54 Å². The zero-order chi connectivity index (χ0) is 43.5. The lowest BCUT2D eigenvalue weighted by molar-refractivity contribution is 0.0721. The van der Waals surface area contributed by atoms with Gasteiger partial charge < -0.3 is 14.0 Å². The molecule has 9 aromatic rings. The van der Waals surface area contributed by atoms with Gasteiger partial charge in [0.15, 0.2) is 5.82 Å². The summed E-state index contributed by atoms with van der Waals surface area (Å²) < 4.78 is 14.3. The minimum Gasteiger partial charge on any atom is -0.351 e. The number of fused-ring (bicyclic) bond motifs is 3. The molecule has 11 rings (SSSR count). The van der Waals surface area contributed by atoms with E-state index >= 15 is 4.79 Å². The molecular formula is C49H46N10O4. The maximum absolute atomic E-state index is 15.4. The number of aromatic nitrogens is 9. The van der Waals surface area contributed by atoms with Gasteiger partial charge in [-0.1, -0.05) is 31.1 Å². The van der Waals surface area contributed by atoms with E-state index in [2.05, 4.69) is 81.4 Å². The molecule has 0 unspecified atom stereocenters. The fourth-order valence-electron chi connectivity index (χ4n) is 10.1. The van der Waals surface area contributed by atoms with Crippen LogP contribution in [0.1, 0.15) is 70.2 Å². The normalized spacial score (nSPS) is 17.2. The Morgan fingerprint density at radius 1 is 0.889 bits per heavy atom. The highest BCUT2D eigenvalue weighted by atomic mass is 16.5. The van der Waals surface area contributed by atoms with E-state index in [0.29, 0.717) is 36.7 Å². The first-order valence-electron chi connectivity index (χ1n) is 21.5. The molecule has 0 bridgehead atoms. The number of nitrogens with one attached hydrogen (secondary N) is 1. The molecule has 1 saturated carbocycles. The van der Waals surface area contributed by atoms with Crippen molar-refractivity contribution in [3.8, 4) is 28.3 Å². The van der Waals surface area contributed by atoms with Crippen LogP contribution in [0.3, 0.4) is 0 Å². The van der Waals surface area contributed by atoms with Crippen LogP contribution in [0.15, 0.2) is 112 Å². The Morgan fingerprint density at radius 3 is 2.41 bits per heavy atom. The van der Waals surface area contributed by atoms with Crippen LogP contribution in [0.25, 0.3) is 50.1 Å². The predicted molar refractivity (Wildman–Crippen MR) is 240 cm³/mol. The van der Waals surface area contributed by atoms with Gasteiger partial charge in [-0.05, 0) is 128 Å². The lowest BCUT2D eigenvalue weighted by atomic mass is 9.98. The Kier molecular flexibility index (Phi) is 8.56. The molecule has 7 heterocycles. The topological polar surface area (TPSA) is 147 Å². The van der Waals surface area contributed by atoms with Gasteiger partial charge in [-0.15, -0.1) is 0 Å². The number of rotatable bonds is 8. The van der Waals surface area contributed by atoms with Crippen LogP contribution in [0.2, 0.25) is 0 Å². The van der Waals surface area contributed by atoms with Gasteiger partial charge in [-0.2, -0.15) is 5.10 Å². The first kappa shape index (κ1) is 38.4. The summed E-state index contributed by atoms with van der Waals surface area (Å²) in [6.45, 7) is 11.0. The van der Waals surface area contributed by atoms with Gasteiger partial charge in [0, 0.05) is 77.9 Å². The van der Waals surface area contributed by atoms with Crippen molar-refractivity contribution < 1.29 is 9.32 Å². The number of aromatic amines is 1. The van der Waals surface area contributed by atoms with Crippen LogP contribution in [0, 0.1) is 26.7 Å². The van der Waals surface area contributed by atoms with E-state index in [1.165, 1.54) is 0 Å². The molecule has 316 valence electrons. The van der Waals surface area contributed by atoms with Crippen LogP contribution < -0.4 is 11.4 Å². The third-order valence-electron chi connectivity index (χ3n) is 13.4. The third kappa shape index (κ3) is 5.91. The molecule has 0 saturated heterocycles. The van der Waals surface area contributed by atoms with Gasteiger partial charge in [0.05, 0.1) is 23.6 Å². The summed E-state index contributed by atoms with van der Waals surface area (Å²) in [4.78, 5) is 51.7. The summed E-state index contributed by atoms with van der Waals surface area (Å²) >= 11 is 0. The molecule has 1 aliphatic heterocycles. The van der Waals surface area contributed by atoms with Crippen LogP contribution >= 0.6 is 0 Å². The Bertz CT molecular complexity index is 3440. The lowest BCUT2D eigenvalue weighted by Crippen LogP contribution is -2.39. The first-order chi connectivity index (χ1) is 30.4. The fourth-order valence-corrected chi connectivity index (χ4v) is 10.1. The molecule has 1 N–H and O–H groups in total. The number of hydrogen-bond donors (Lipinski definition) is 1. The fraction of sp³-hybridized carbons (Fsp3) is 0.265. The standard InChI is InChI=1S/C49H46N10O4/c1-7-39-31(5)37(12-15-50-39)32-8-10-42-34(23-32)25-43(58(42)49(26-30(49)4)46-51-47(61)63-53-46)45(60)55-17-14-40-38(27-55)44(59(52-40)36-21-28(2)20-29(3)22-36)57-19-18-56(48(57)62)35-9-11-41-33(24-35)13-16-54(41)6/h8-13,15-16,18-25,30H,7,14,17,26-27H2,1-6H3,(H,51,53,61)/t30-,49+/m1/s1. The molecule has 6 aromatic heterocycles. The highest BCUT2D eigenvalue weighted by Gasteiger charge is 2.59. The Morgan fingerprint density at radius 2 is 1.67 bits per heavy atom. The zero-order valence-corrected chi connectivity index (χ0v) is 36.0. The Balaban J connectivity index is 1.05. The number of imidazole rings is 1. The number of H-pyrrole nitrogens is 1. The van der Waals surface area contributed by atoms with Crippen LogP contribution in [-0.2, 0) is 32.0 Å². The van der Waals surface area contributed by atoms with Gasteiger partial charge in [-0.3, -0.25) is 28.4 Å². The summed E-state index contributed by atoms with van der Waals surface area (Å²) in [6.07, 6.45) is 9.38. The second-order valence-electron chi connectivity index (χ2n) is 17.4. The molecule has 3 aromatic carbocycles. The summed E-state index contributed by atoms with van der Waals surface area (Å²) in [6, 6.07) is 24.6. The molecular weight excluding hydrogens is 793 g/mol. The molecule has 14 heteroatoms. The maximum atomic E-state index is 15.4. The van der Waals surface area contributed by atoms with E-state index in [1.54, 1.807) is 21.5 Å². The molecule has 63 heavy (non-hydrogen) atoms. The second-order valence-corrected chi connectivity index (χ2v) is 17.4. The monoisotopic (exact) mass is 838 g/mol. The summed E-state index contributed by atoms with van der Waals surface area (Å²) in [5, 5.41) is 11.3. The van der Waals surface area contributed by atoms with Gasteiger partial charge >= 0.3 is 11.4 Å². The Hall–Kier alpha value is -7.48. The highest BCUT2D eigenvalue weighted by Crippen LogP contribution is 2.56. The molecule has 1 fully saturated rings. The van der Waals surface area contributed by atoms with Crippen LogP contribution in [0.4, 0.5) is 0 Å². The first-order valence-corrected chi connectivity index (χ1v) is 21.5. The van der Waals surface area contributed by atoms with E-state index in [-0.39, 0.29) is 24.1 Å². The second kappa shape index (κ2) is 14.0. The number of carbonyl (C=O) groups is 1. The minimum atomic E-state index is -0.804. The highest BCUT2D eigenvalue weighted by molar-refractivity contribution is 6.00. The van der Waals surface area contributed by atoms with Gasteiger partial charge in [0.2, 0.25) is 0 Å². The number of amides is 1. The lowest BCUT2D eigenvalue weighted by Gasteiger charge is -2.29. The van der Waals surface area contributed by atoms with Crippen molar-refractivity contribution in [2.24, 2.45) is 13.0 Å². The van der Waals surface area contributed by atoms with Crippen molar-refractivity contribution >= 4 is 27.7 Å². The molecule has 1 amide bonds. The molecule has 2 aliphatic rings. The summed E-state index contributed by atoms with van der Waals surface area (Å²) in [7, 11) is 2.00. The van der Waals surface area contributed by atoms with Crippen molar-refractivity contribution in [1.29, 1.82) is 0 Å². The average molecular weight is 839 g/mol. The molecule has 14 nitrogen and oxygen atoms in total. The number of hydrogen-bond acceptors (Lipinski definition) is 7. The van der Waals surface area contributed by atoms with Crippen LogP contribution in [0.5, 0.6) is 0 Å². The minimum absolute atomic E-state index is 0.0451. The molecule has 1 aliphatic carbocycles. The maximum Gasteiger partial charge on any atom is 0.438 e.